The molecular weight excluding hydrogens is 343 g/mol. The van der Waals surface area contributed by atoms with Gasteiger partial charge in [-0.05, 0) is 37.3 Å². The van der Waals surface area contributed by atoms with Gasteiger partial charge in [-0.1, -0.05) is 6.07 Å². The smallest absolute Gasteiger partial charge is 0.353 e. The first kappa shape index (κ1) is 16.7. The summed E-state index contributed by atoms with van der Waals surface area (Å²) in [4.78, 5) is 16.3. The fourth-order valence-electron chi connectivity index (χ4n) is 3.17. The standard InChI is InChI=1S/C18H18F3N5/c1-12-3-2-4-16(22-12)25-7-9-26(10-8-25)17-23-14-6-5-13(18(19,20)21)11-15(14)24-17/h2-6,11H,7-10H2,1H3,(H,23,24). The Hall–Kier alpha value is -2.77. The summed E-state index contributed by atoms with van der Waals surface area (Å²) in [6, 6.07) is 9.52. The highest BCUT2D eigenvalue weighted by Crippen LogP contribution is 2.31. The number of halogens is 3. The van der Waals surface area contributed by atoms with E-state index in [0.29, 0.717) is 17.0 Å². The van der Waals surface area contributed by atoms with Crippen LogP contribution in [0.3, 0.4) is 0 Å². The Kier molecular flexibility index (Phi) is 3.97. The van der Waals surface area contributed by atoms with Crippen molar-refractivity contribution in [2.24, 2.45) is 0 Å². The van der Waals surface area contributed by atoms with E-state index in [2.05, 4.69) is 24.8 Å². The lowest BCUT2D eigenvalue weighted by Crippen LogP contribution is -2.47. The van der Waals surface area contributed by atoms with Gasteiger partial charge in [0.05, 0.1) is 16.6 Å². The van der Waals surface area contributed by atoms with E-state index < -0.39 is 11.7 Å². The highest BCUT2D eigenvalue weighted by molar-refractivity contribution is 5.78. The molecule has 3 heterocycles. The summed E-state index contributed by atoms with van der Waals surface area (Å²) in [5.74, 6) is 1.56. The quantitative estimate of drug-likeness (QED) is 0.758. The first-order valence-electron chi connectivity index (χ1n) is 8.41. The van der Waals surface area contributed by atoms with Gasteiger partial charge in [-0.15, -0.1) is 0 Å². The molecule has 3 aromatic rings. The molecule has 1 fully saturated rings. The molecule has 0 saturated carbocycles. The predicted octanol–water partition coefficient (Wildman–Crippen LogP) is 3.61. The van der Waals surface area contributed by atoms with Crippen molar-refractivity contribution in [2.75, 3.05) is 36.0 Å². The predicted molar refractivity (Wildman–Crippen MR) is 94.5 cm³/mol. The van der Waals surface area contributed by atoms with E-state index in [4.69, 9.17) is 0 Å². The minimum Gasteiger partial charge on any atom is -0.353 e. The van der Waals surface area contributed by atoms with E-state index in [1.807, 2.05) is 25.1 Å². The minimum atomic E-state index is -4.36. The Morgan fingerprint density at radius 1 is 0.962 bits per heavy atom. The average molecular weight is 361 g/mol. The second kappa shape index (κ2) is 6.19. The second-order valence-electron chi connectivity index (χ2n) is 6.40. The fourth-order valence-corrected chi connectivity index (χ4v) is 3.17. The van der Waals surface area contributed by atoms with Gasteiger partial charge in [-0.25, -0.2) is 9.97 Å². The monoisotopic (exact) mass is 361 g/mol. The summed E-state index contributed by atoms with van der Waals surface area (Å²) >= 11 is 0. The van der Waals surface area contributed by atoms with Crippen molar-refractivity contribution >= 4 is 22.8 Å². The Bertz CT molecular complexity index is 926. The first-order chi connectivity index (χ1) is 12.4. The molecule has 0 bridgehead atoms. The van der Waals surface area contributed by atoms with Crippen molar-refractivity contribution in [2.45, 2.75) is 13.1 Å². The Morgan fingerprint density at radius 2 is 1.69 bits per heavy atom. The van der Waals surface area contributed by atoms with Crippen LogP contribution in [0.1, 0.15) is 11.3 Å². The summed E-state index contributed by atoms with van der Waals surface area (Å²) in [6.07, 6.45) is -4.36. The Labute approximate surface area is 148 Å². The number of nitrogens with zero attached hydrogens (tertiary/aromatic N) is 4. The van der Waals surface area contributed by atoms with Crippen molar-refractivity contribution in [1.29, 1.82) is 0 Å². The maximum atomic E-state index is 12.9. The minimum absolute atomic E-state index is 0.401. The van der Waals surface area contributed by atoms with Gasteiger partial charge >= 0.3 is 6.18 Å². The molecule has 1 aliphatic rings. The zero-order valence-electron chi connectivity index (χ0n) is 14.2. The van der Waals surface area contributed by atoms with E-state index in [0.717, 1.165) is 49.8 Å². The molecule has 0 spiro atoms. The molecule has 1 saturated heterocycles. The first-order valence-corrected chi connectivity index (χ1v) is 8.41. The van der Waals surface area contributed by atoms with Gasteiger partial charge in [0, 0.05) is 31.9 Å². The summed E-state index contributed by atoms with van der Waals surface area (Å²) in [5, 5.41) is 0. The van der Waals surface area contributed by atoms with Gasteiger partial charge in [0.25, 0.3) is 0 Å². The third kappa shape index (κ3) is 3.18. The Balaban J connectivity index is 1.50. The number of piperazine rings is 1. The molecule has 5 nitrogen and oxygen atoms in total. The lowest BCUT2D eigenvalue weighted by molar-refractivity contribution is -0.137. The van der Waals surface area contributed by atoms with Gasteiger partial charge < -0.3 is 14.8 Å². The van der Waals surface area contributed by atoms with Crippen molar-refractivity contribution in [3.8, 4) is 0 Å². The Morgan fingerprint density at radius 3 is 2.38 bits per heavy atom. The molecule has 2 aromatic heterocycles. The van der Waals surface area contributed by atoms with Gasteiger partial charge in [0.15, 0.2) is 0 Å². The molecule has 0 amide bonds. The zero-order valence-corrected chi connectivity index (χ0v) is 14.2. The molecule has 1 N–H and O–H groups in total. The largest absolute Gasteiger partial charge is 0.416 e. The van der Waals surface area contributed by atoms with Gasteiger partial charge in [-0.2, -0.15) is 13.2 Å². The van der Waals surface area contributed by atoms with E-state index in [1.165, 1.54) is 6.07 Å². The number of hydrogen-bond acceptors (Lipinski definition) is 4. The lowest BCUT2D eigenvalue weighted by Gasteiger charge is -2.35. The number of aromatic nitrogens is 3. The van der Waals surface area contributed by atoms with E-state index >= 15 is 0 Å². The van der Waals surface area contributed by atoms with Crippen LogP contribution in [0.5, 0.6) is 0 Å². The number of hydrogen-bond donors (Lipinski definition) is 1. The van der Waals surface area contributed by atoms with E-state index in [-0.39, 0.29) is 0 Å². The number of imidazole rings is 1. The van der Waals surface area contributed by atoms with Crippen LogP contribution in [0.2, 0.25) is 0 Å². The number of rotatable bonds is 2. The van der Waals surface area contributed by atoms with Crippen LogP contribution in [0, 0.1) is 6.92 Å². The number of fused-ring (bicyclic) bond motifs is 1. The number of alkyl halides is 3. The molecule has 1 aromatic carbocycles. The lowest BCUT2D eigenvalue weighted by atomic mass is 10.2. The van der Waals surface area contributed by atoms with Crippen LogP contribution in [0.25, 0.3) is 11.0 Å². The zero-order chi connectivity index (χ0) is 18.3. The average Bonchev–Trinajstić information content (AvgIpc) is 3.04. The number of aromatic amines is 1. The SMILES string of the molecule is Cc1cccc(N2CCN(c3nc4ccc(C(F)(F)F)cc4[nH]3)CC2)n1. The highest BCUT2D eigenvalue weighted by Gasteiger charge is 2.31. The van der Waals surface area contributed by atoms with Gasteiger partial charge in [-0.3, -0.25) is 0 Å². The van der Waals surface area contributed by atoms with Crippen molar-refractivity contribution < 1.29 is 13.2 Å². The summed E-state index contributed by atoms with van der Waals surface area (Å²) < 4.78 is 38.6. The number of aryl methyl sites for hydroxylation is 1. The molecule has 8 heteroatoms. The third-order valence-corrected chi connectivity index (χ3v) is 4.57. The molecule has 0 aliphatic carbocycles. The number of nitrogens with one attached hydrogen (secondary N) is 1. The summed E-state index contributed by atoms with van der Waals surface area (Å²) in [7, 11) is 0. The molecule has 4 rings (SSSR count). The molecule has 1 aliphatic heterocycles. The van der Waals surface area contributed by atoms with Crippen molar-refractivity contribution in [3.63, 3.8) is 0 Å². The number of anilines is 2. The fraction of sp³-hybridized carbons (Fsp3) is 0.333. The normalized spacial score (nSPS) is 15.7. The maximum Gasteiger partial charge on any atom is 0.416 e. The molecular formula is C18H18F3N5. The van der Waals surface area contributed by atoms with Crippen LogP contribution in [-0.4, -0.2) is 41.1 Å². The maximum absolute atomic E-state index is 12.9. The van der Waals surface area contributed by atoms with Crippen LogP contribution < -0.4 is 9.80 Å². The van der Waals surface area contributed by atoms with Crippen LogP contribution in [0.4, 0.5) is 24.9 Å². The number of benzene rings is 1. The van der Waals surface area contributed by atoms with Crippen molar-refractivity contribution in [1.82, 2.24) is 15.0 Å². The molecule has 136 valence electrons. The third-order valence-electron chi connectivity index (χ3n) is 4.57. The summed E-state index contributed by atoms with van der Waals surface area (Å²) in [5.41, 5.74) is 1.24. The molecule has 26 heavy (non-hydrogen) atoms. The number of pyridine rings is 1. The summed E-state index contributed by atoms with van der Waals surface area (Å²) in [6.45, 7) is 4.97. The van der Waals surface area contributed by atoms with E-state index in [9.17, 15) is 13.2 Å². The van der Waals surface area contributed by atoms with Crippen molar-refractivity contribution in [3.05, 3.63) is 47.7 Å². The second-order valence-corrected chi connectivity index (χ2v) is 6.40. The van der Waals surface area contributed by atoms with Crippen LogP contribution in [-0.2, 0) is 6.18 Å². The van der Waals surface area contributed by atoms with Gasteiger partial charge in [0.1, 0.15) is 5.82 Å². The molecule has 0 unspecified atom stereocenters. The highest BCUT2D eigenvalue weighted by atomic mass is 19.4. The molecule has 0 atom stereocenters. The topological polar surface area (TPSA) is 48.0 Å². The van der Waals surface area contributed by atoms with Gasteiger partial charge in [0.2, 0.25) is 5.95 Å². The van der Waals surface area contributed by atoms with Crippen LogP contribution in [0.15, 0.2) is 36.4 Å². The van der Waals surface area contributed by atoms with E-state index in [1.54, 1.807) is 0 Å². The van der Waals surface area contributed by atoms with Crippen LogP contribution >= 0.6 is 0 Å². The number of H-pyrrole nitrogens is 1. The molecule has 0 radical (unpaired) electrons.